The molecule has 0 radical (unpaired) electrons. The molecule has 0 aromatic heterocycles. The second-order valence-corrected chi connectivity index (χ2v) is 14.8. The van der Waals surface area contributed by atoms with Crippen LogP contribution in [0.1, 0.15) is 116 Å². The molecule has 36 heavy (non-hydrogen) atoms. The molecule has 4 saturated carbocycles. The van der Waals surface area contributed by atoms with Crippen molar-refractivity contribution in [1.29, 1.82) is 0 Å². The van der Waals surface area contributed by atoms with Crippen LogP contribution in [0.25, 0.3) is 0 Å². The SMILES string of the molecule is C[C@H](C(CC1(O)CCC1)c1ccccc1)[C@H]1CC[C@H]2[C@@H]3CC=C4C[C@@](C)(O)CC[C@]4(C)[C@H]3CC[C@]12C. The summed E-state index contributed by atoms with van der Waals surface area (Å²) >= 11 is 0. The highest BCUT2D eigenvalue weighted by Crippen LogP contribution is 2.68. The van der Waals surface area contributed by atoms with Gasteiger partial charge >= 0.3 is 0 Å². The Bertz CT molecular complexity index is 990. The van der Waals surface area contributed by atoms with Gasteiger partial charge in [-0.05, 0) is 136 Å². The molecule has 0 saturated heterocycles. The molecule has 9 atom stereocenters. The lowest BCUT2D eigenvalue weighted by Gasteiger charge is -2.59. The number of rotatable bonds is 5. The second kappa shape index (κ2) is 8.70. The van der Waals surface area contributed by atoms with Crippen molar-refractivity contribution < 1.29 is 10.2 Å². The quantitative estimate of drug-likeness (QED) is 0.410. The van der Waals surface area contributed by atoms with E-state index < -0.39 is 11.2 Å². The van der Waals surface area contributed by atoms with Crippen molar-refractivity contribution in [1.82, 2.24) is 0 Å². The number of fused-ring (bicyclic) bond motifs is 5. The van der Waals surface area contributed by atoms with Gasteiger partial charge in [0.05, 0.1) is 11.2 Å². The zero-order valence-electron chi connectivity index (χ0n) is 23.3. The first-order valence-electron chi connectivity index (χ1n) is 15.2. The number of hydrogen-bond donors (Lipinski definition) is 2. The summed E-state index contributed by atoms with van der Waals surface area (Å²) in [4.78, 5) is 0. The first-order valence-corrected chi connectivity index (χ1v) is 15.2. The van der Waals surface area contributed by atoms with Crippen LogP contribution >= 0.6 is 0 Å². The fraction of sp³-hybridized carbons (Fsp3) is 0.765. The molecule has 0 spiro atoms. The molecule has 1 aromatic rings. The van der Waals surface area contributed by atoms with Crippen molar-refractivity contribution in [3.63, 3.8) is 0 Å². The molecular weight excluding hydrogens is 440 g/mol. The summed E-state index contributed by atoms with van der Waals surface area (Å²) in [5.41, 5.74) is 2.79. The zero-order chi connectivity index (χ0) is 25.3. The van der Waals surface area contributed by atoms with Gasteiger partial charge in [0, 0.05) is 0 Å². The first kappa shape index (κ1) is 25.2. The van der Waals surface area contributed by atoms with Gasteiger partial charge in [-0.25, -0.2) is 0 Å². The van der Waals surface area contributed by atoms with E-state index in [1.165, 1.54) is 44.1 Å². The largest absolute Gasteiger partial charge is 0.390 e. The van der Waals surface area contributed by atoms with Gasteiger partial charge in [-0.3, -0.25) is 0 Å². The van der Waals surface area contributed by atoms with E-state index in [1.54, 1.807) is 5.57 Å². The summed E-state index contributed by atoms with van der Waals surface area (Å²) in [5, 5.41) is 22.0. The van der Waals surface area contributed by atoms with Crippen LogP contribution in [0.3, 0.4) is 0 Å². The van der Waals surface area contributed by atoms with Gasteiger partial charge in [0.25, 0.3) is 0 Å². The van der Waals surface area contributed by atoms with Crippen LogP contribution in [-0.2, 0) is 0 Å². The van der Waals surface area contributed by atoms with Crippen molar-refractivity contribution in [2.45, 2.75) is 122 Å². The zero-order valence-corrected chi connectivity index (χ0v) is 23.3. The summed E-state index contributed by atoms with van der Waals surface area (Å²) in [6, 6.07) is 11.2. The Labute approximate surface area is 220 Å². The minimum atomic E-state index is -0.508. The predicted molar refractivity (Wildman–Crippen MR) is 148 cm³/mol. The molecule has 5 aliphatic carbocycles. The van der Waals surface area contributed by atoms with E-state index in [4.69, 9.17) is 0 Å². The molecule has 0 heterocycles. The fourth-order valence-electron chi connectivity index (χ4n) is 10.5. The van der Waals surface area contributed by atoms with Crippen molar-refractivity contribution in [3.8, 4) is 0 Å². The standard InChI is InChI=1S/C34H50O2/c1-23(27(22-34(36)16-8-17-34)24-9-6-5-7-10-24)28-13-14-29-26-12-11-25-21-31(2,35)19-20-32(25,3)30(26)15-18-33(28,29)4/h5-7,9-11,23,26-30,35-36H,8,12-22H2,1-4H3/t23-,26+,27?,28-,29+,30+,31+,32+,33-/m1/s1. The van der Waals surface area contributed by atoms with E-state index in [0.717, 1.165) is 62.2 Å². The van der Waals surface area contributed by atoms with Crippen LogP contribution in [0.15, 0.2) is 42.0 Å². The molecule has 0 aliphatic heterocycles. The third kappa shape index (κ3) is 3.96. The summed E-state index contributed by atoms with van der Waals surface area (Å²) < 4.78 is 0. The number of allylic oxidation sites excluding steroid dienone is 1. The lowest BCUT2D eigenvalue weighted by atomic mass is 9.46. The smallest absolute Gasteiger partial charge is 0.0657 e. The van der Waals surface area contributed by atoms with E-state index in [1.807, 2.05) is 6.92 Å². The van der Waals surface area contributed by atoms with Gasteiger partial charge < -0.3 is 10.2 Å². The molecule has 2 N–H and O–H groups in total. The van der Waals surface area contributed by atoms with E-state index in [9.17, 15) is 10.2 Å². The monoisotopic (exact) mass is 490 g/mol. The second-order valence-electron chi connectivity index (χ2n) is 14.8. The lowest BCUT2D eigenvalue weighted by Crippen LogP contribution is -2.52. The molecule has 6 rings (SSSR count). The molecule has 198 valence electrons. The summed E-state index contributed by atoms with van der Waals surface area (Å²) in [7, 11) is 0. The number of aliphatic hydroxyl groups is 2. The van der Waals surface area contributed by atoms with Crippen LogP contribution in [0, 0.1) is 40.4 Å². The van der Waals surface area contributed by atoms with Gasteiger partial charge in [-0.15, -0.1) is 0 Å². The number of hydrogen-bond acceptors (Lipinski definition) is 2. The third-order valence-corrected chi connectivity index (χ3v) is 12.8. The number of benzene rings is 1. The Hall–Kier alpha value is -1.12. The van der Waals surface area contributed by atoms with E-state index in [2.05, 4.69) is 57.2 Å². The van der Waals surface area contributed by atoms with Crippen molar-refractivity contribution in [3.05, 3.63) is 47.5 Å². The van der Waals surface area contributed by atoms with Gasteiger partial charge in [0.15, 0.2) is 0 Å². The predicted octanol–water partition coefficient (Wildman–Crippen LogP) is 8.04. The molecule has 1 aromatic carbocycles. The van der Waals surface area contributed by atoms with Crippen LogP contribution in [-0.4, -0.2) is 21.4 Å². The van der Waals surface area contributed by atoms with Crippen molar-refractivity contribution in [2.75, 3.05) is 0 Å². The lowest BCUT2D eigenvalue weighted by molar-refractivity contribution is -0.0776. The van der Waals surface area contributed by atoms with E-state index in [-0.39, 0.29) is 0 Å². The normalized spacial score (nSPS) is 44.9. The highest BCUT2D eigenvalue weighted by Gasteiger charge is 2.60. The fourth-order valence-corrected chi connectivity index (χ4v) is 10.5. The Kier molecular flexibility index (Phi) is 6.08. The average Bonchev–Trinajstić information content (AvgIpc) is 3.19. The minimum Gasteiger partial charge on any atom is -0.390 e. The summed E-state index contributed by atoms with van der Waals surface area (Å²) in [6.45, 7) is 9.79. The summed E-state index contributed by atoms with van der Waals surface area (Å²) in [6.07, 6.45) is 16.3. The van der Waals surface area contributed by atoms with Gasteiger partial charge in [0.2, 0.25) is 0 Å². The Morgan fingerprint density at radius 1 is 0.889 bits per heavy atom. The minimum absolute atomic E-state index is 0.302. The molecule has 2 heteroatoms. The van der Waals surface area contributed by atoms with E-state index >= 15 is 0 Å². The van der Waals surface area contributed by atoms with Crippen LogP contribution in [0.2, 0.25) is 0 Å². The molecular formula is C34H50O2. The summed E-state index contributed by atoms with van der Waals surface area (Å²) in [5.74, 6) is 4.21. The van der Waals surface area contributed by atoms with E-state index in [0.29, 0.717) is 22.7 Å². The Morgan fingerprint density at radius 3 is 2.33 bits per heavy atom. The van der Waals surface area contributed by atoms with Crippen molar-refractivity contribution in [2.24, 2.45) is 40.4 Å². The average molecular weight is 491 g/mol. The highest BCUT2D eigenvalue weighted by atomic mass is 16.3. The van der Waals surface area contributed by atoms with Crippen LogP contribution in [0.4, 0.5) is 0 Å². The maximum atomic E-state index is 11.2. The van der Waals surface area contributed by atoms with Crippen LogP contribution in [0.5, 0.6) is 0 Å². The maximum Gasteiger partial charge on any atom is 0.0657 e. The Morgan fingerprint density at radius 2 is 1.64 bits per heavy atom. The molecule has 0 bridgehead atoms. The topological polar surface area (TPSA) is 40.5 Å². The van der Waals surface area contributed by atoms with Crippen LogP contribution < -0.4 is 0 Å². The third-order valence-electron chi connectivity index (χ3n) is 12.8. The molecule has 1 unspecified atom stereocenters. The Balaban J connectivity index is 1.26. The van der Waals surface area contributed by atoms with Gasteiger partial charge in [-0.2, -0.15) is 0 Å². The highest BCUT2D eigenvalue weighted by molar-refractivity contribution is 5.27. The van der Waals surface area contributed by atoms with Gasteiger partial charge in [0.1, 0.15) is 0 Å². The molecule has 4 fully saturated rings. The molecule has 5 aliphatic rings. The maximum absolute atomic E-state index is 11.2. The first-order chi connectivity index (χ1) is 17.0. The van der Waals surface area contributed by atoms with Gasteiger partial charge in [-0.1, -0.05) is 62.8 Å². The van der Waals surface area contributed by atoms with Crippen molar-refractivity contribution >= 4 is 0 Å². The molecule has 2 nitrogen and oxygen atoms in total. The molecule has 0 amide bonds.